The molecule has 2 heterocycles. The van der Waals surface area contributed by atoms with E-state index in [0.29, 0.717) is 17.4 Å². The van der Waals surface area contributed by atoms with Gasteiger partial charge in [-0.25, -0.2) is 9.78 Å². The van der Waals surface area contributed by atoms with Gasteiger partial charge in [0.25, 0.3) is 0 Å². The Kier molecular flexibility index (Phi) is 3.69. The monoisotopic (exact) mass is 298 g/mol. The maximum absolute atomic E-state index is 11.9. The predicted molar refractivity (Wildman–Crippen MR) is 76.8 cm³/mol. The lowest BCUT2D eigenvalue weighted by Gasteiger charge is -2.05. The Labute approximate surface area is 126 Å². The summed E-state index contributed by atoms with van der Waals surface area (Å²) in [5.41, 5.74) is 1.12. The van der Waals surface area contributed by atoms with Gasteiger partial charge < -0.3 is 13.7 Å². The minimum absolute atomic E-state index is 0.0153. The van der Waals surface area contributed by atoms with Crippen LogP contribution in [0.1, 0.15) is 22.1 Å². The first-order valence-electron chi connectivity index (χ1n) is 6.67. The van der Waals surface area contributed by atoms with E-state index in [1.807, 2.05) is 37.4 Å². The van der Waals surface area contributed by atoms with Gasteiger partial charge in [0.2, 0.25) is 0 Å². The average molecular weight is 298 g/mol. The van der Waals surface area contributed by atoms with Crippen molar-refractivity contribution in [2.24, 2.45) is 7.05 Å². The highest BCUT2D eigenvalue weighted by Crippen LogP contribution is 2.17. The molecule has 0 aliphatic rings. The molecule has 0 aliphatic heterocycles. The maximum Gasteiger partial charge on any atom is 0.361 e. The number of rotatable bonds is 4. The van der Waals surface area contributed by atoms with Crippen molar-refractivity contribution in [3.05, 3.63) is 54.0 Å². The summed E-state index contributed by atoms with van der Waals surface area (Å²) in [5.74, 6) is 1.14. The van der Waals surface area contributed by atoms with Crippen molar-refractivity contribution in [1.29, 1.82) is 0 Å². The number of oxazole rings is 1. The van der Waals surface area contributed by atoms with E-state index in [4.69, 9.17) is 9.15 Å². The predicted octanol–water partition coefficient (Wildman–Crippen LogP) is 2.14. The molecule has 0 N–H and O–H groups in total. The molecule has 112 valence electrons. The van der Waals surface area contributed by atoms with E-state index in [2.05, 4.69) is 15.2 Å². The zero-order valence-electron chi connectivity index (χ0n) is 12.2. The number of aromatic nitrogens is 4. The normalized spacial score (nSPS) is 10.6. The second-order valence-corrected chi connectivity index (χ2v) is 4.70. The third-order valence-corrected chi connectivity index (χ3v) is 3.27. The van der Waals surface area contributed by atoms with E-state index in [9.17, 15) is 4.79 Å². The van der Waals surface area contributed by atoms with Crippen LogP contribution in [-0.4, -0.2) is 25.7 Å². The second kappa shape index (κ2) is 5.80. The van der Waals surface area contributed by atoms with E-state index >= 15 is 0 Å². The van der Waals surface area contributed by atoms with Crippen molar-refractivity contribution in [3.8, 4) is 11.4 Å². The Hall–Kier alpha value is -2.96. The first-order valence-corrected chi connectivity index (χ1v) is 6.67. The first-order chi connectivity index (χ1) is 10.7. The number of carbonyl (C=O) groups excluding carboxylic acids is 1. The molecule has 0 saturated carbocycles. The van der Waals surface area contributed by atoms with Crippen LogP contribution < -0.4 is 0 Å². The molecule has 7 heteroatoms. The topological polar surface area (TPSA) is 83.0 Å². The van der Waals surface area contributed by atoms with Gasteiger partial charge in [0.05, 0.1) is 0 Å². The zero-order valence-corrected chi connectivity index (χ0v) is 12.2. The molecule has 2 aromatic heterocycles. The van der Waals surface area contributed by atoms with Crippen LogP contribution in [-0.2, 0) is 18.4 Å². The van der Waals surface area contributed by atoms with Gasteiger partial charge in [-0.2, -0.15) is 0 Å². The van der Waals surface area contributed by atoms with Crippen LogP contribution in [0, 0.1) is 6.92 Å². The van der Waals surface area contributed by atoms with Crippen LogP contribution >= 0.6 is 0 Å². The minimum Gasteiger partial charge on any atom is -0.453 e. The number of hydrogen-bond donors (Lipinski definition) is 0. The fourth-order valence-corrected chi connectivity index (χ4v) is 2.03. The van der Waals surface area contributed by atoms with Gasteiger partial charge in [-0.1, -0.05) is 30.3 Å². The molecule has 7 nitrogen and oxygen atoms in total. The highest BCUT2D eigenvalue weighted by atomic mass is 16.5. The second-order valence-electron chi connectivity index (χ2n) is 4.70. The molecule has 0 bridgehead atoms. The summed E-state index contributed by atoms with van der Waals surface area (Å²) in [6, 6.07) is 9.67. The van der Waals surface area contributed by atoms with Crippen LogP contribution in [0.15, 0.2) is 41.1 Å². The van der Waals surface area contributed by atoms with Gasteiger partial charge in [-0.3, -0.25) is 0 Å². The highest BCUT2D eigenvalue weighted by molar-refractivity contribution is 5.88. The summed E-state index contributed by atoms with van der Waals surface area (Å²) in [6.07, 6.45) is 1.21. The molecular weight excluding hydrogens is 284 g/mol. The molecule has 0 atom stereocenters. The standard InChI is InChI=1S/C15H14N4O3/c1-10-13(16-9-22-10)15(20)21-8-12-17-18-14(19(12)2)11-6-4-3-5-7-11/h3-7,9H,8H2,1-2H3. The summed E-state index contributed by atoms with van der Waals surface area (Å²) in [7, 11) is 1.83. The maximum atomic E-state index is 11.9. The number of carbonyl (C=O) groups is 1. The SMILES string of the molecule is Cc1ocnc1C(=O)OCc1nnc(-c2ccccc2)n1C. The zero-order chi connectivity index (χ0) is 15.5. The summed E-state index contributed by atoms with van der Waals surface area (Å²) in [4.78, 5) is 15.7. The lowest BCUT2D eigenvalue weighted by Crippen LogP contribution is -2.10. The largest absolute Gasteiger partial charge is 0.453 e. The summed E-state index contributed by atoms with van der Waals surface area (Å²) >= 11 is 0. The molecule has 1 aromatic carbocycles. The van der Waals surface area contributed by atoms with Crippen LogP contribution in [0.2, 0.25) is 0 Å². The number of hydrogen-bond acceptors (Lipinski definition) is 6. The first kappa shape index (κ1) is 14.0. The van der Waals surface area contributed by atoms with Crippen molar-refractivity contribution in [2.75, 3.05) is 0 Å². The van der Waals surface area contributed by atoms with Crippen molar-refractivity contribution < 1.29 is 13.9 Å². The number of esters is 1. The molecule has 3 rings (SSSR count). The number of aryl methyl sites for hydroxylation is 1. The fraction of sp³-hybridized carbons (Fsp3) is 0.200. The van der Waals surface area contributed by atoms with Crippen LogP contribution in [0.3, 0.4) is 0 Å². The van der Waals surface area contributed by atoms with Crippen molar-refractivity contribution in [2.45, 2.75) is 13.5 Å². The fourth-order valence-electron chi connectivity index (χ4n) is 2.03. The smallest absolute Gasteiger partial charge is 0.361 e. The van der Waals surface area contributed by atoms with E-state index < -0.39 is 5.97 Å². The third-order valence-electron chi connectivity index (χ3n) is 3.27. The third kappa shape index (κ3) is 2.60. The molecule has 0 amide bonds. The number of nitrogens with zero attached hydrogens (tertiary/aromatic N) is 4. The average Bonchev–Trinajstić information content (AvgIpc) is 3.12. The Morgan fingerprint density at radius 1 is 1.27 bits per heavy atom. The Morgan fingerprint density at radius 3 is 2.73 bits per heavy atom. The Balaban J connectivity index is 1.73. The van der Waals surface area contributed by atoms with Gasteiger partial charge in [0.15, 0.2) is 30.3 Å². The van der Waals surface area contributed by atoms with Gasteiger partial charge in [-0.15, -0.1) is 10.2 Å². The van der Waals surface area contributed by atoms with Crippen molar-refractivity contribution >= 4 is 5.97 Å². The van der Waals surface area contributed by atoms with E-state index in [1.165, 1.54) is 6.39 Å². The molecule has 0 unspecified atom stereocenters. The lowest BCUT2D eigenvalue weighted by molar-refractivity contribution is 0.0450. The van der Waals surface area contributed by atoms with Crippen LogP contribution in [0.4, 0.5) is 0 Å². The number of benzene rings is 1. The van der Waals surface area contributed by atoms with Crippen molar-refractivity contribution in [1.82, 2.24) is 19.7 Å². The summed E-state index contributed by atoms with van der Waals surface area (Å²) in [5, 5.41) is 8.19. The van der Waals surface area contributed by atoms with E-state index in [1.54, 1.807) is 11.5 Å². The van der Waals surface area contributed by atoms with Gasteiger partial charge in [0.1, 0.15) is 5.76 Å². The summed E-state index contributed by atoms with van der Waals surface area (Å²) in [6.45, 7) is 1.67. The molecule has 0 fully saturated rings. The number of ether oxygens (including phenoxy) is 1. The Bertz CT molecular complexity index is 792. The molecule has 0 spiro atoms. The minimum atomic E-state index is -0.546. The van der Waals surface area contributed by atoms with E-state index in [0.717, 1.165) is 5.56 Å². The molecular formula is C15H14N4O3. The van der Waals surface area contributed by atoms with Gasteiger partial charge in [-0.05, 0) is 6.92 Å². The van der Waals surface area contributed by atoms with Crippen LogP contribution in [0.5, 0.6) is 0 Å². The van der Waals surface area contributed by atoms with Gasteiger partial charge in [0, 0.05) is 12.6 Å². The Morgan fingerprint density at radius 2 is 2.05 bits per heavy atom. The van der Waals surface area contributed by atoms with Gasteiger partial charge >= 0.3 is 5.97 Å². The molecule has 0 saturated heterocycles. The lowest BCUT2D eigenvalue weighted by atomic mass is 10.2. The highest BCUT2D eigenvalue weighted by Gasteiger charge is 2.17. The molecule has 3 aromatic rings. The quantitative estimate of drug-likeness (QED) is 0.686. The van der Waals surface area contributed by atoms with E-state index in [-0.39, 0.29) is 12.3 Å². The van der Waals surface area contributed by atoms with Crippen molar-refractivity contribution in [3.63, 3.8) is 0 Å². The summed E-state index contributed by atoms with van der Waals surface area (Å²) < 4.78 is 12.0. The molecule has 0 radical (unpaired) electrons. The van der Waals surface area contributed by atoms with Crippen LogP contribution in [0.25, 0.3) is 11.4 Å². The molecule has 0 aliphatic carbocycles. The molecule has 22 heavy (non-hydrogen) atoms.